The number of hydrogen-bond donors (Lipinski definition) is 1. The fraction of sp³-hybridized carbons (Fsp3) is 0.538. The Kier molecular flexibility index (Phi) is 6.89. The van der Waals surface area contributed by atoms with Crippen molar-refractivity contribution in [2.45, 2.75) is 63.8 Å². The third kappa shape index (κ3) is 4.91. The van der Waals surface area contributed by atoms with Crippen LogP contribution in [0.1, 0.15) is 71.3 Å². The predicted molar refractivity (Wildman–Crippen MR) is 132 cm³/mol. The molecule has 0 unspecified atom stereocenters. The molecule has 0 radical (unpaired) electrons. The van der Waals surface area contributed by atoms with Crippen LogP contribution in [-0.2, 0) is 17.6 Å². The number of aliphatic imine (C=N–C) groups is 1. The van der Waals surface area contributed by atoms with E-state index in [4.69, 9.17) is 9.73 Å². The maximum Gasteiger partial charge on any atom is 0.254 e. The van der Waals surface area contributed by atoms with Gasteiger partial charge in [0.1, 0.15) is 5.00 Å². The molecule has 1 aromatic carbocycles. The molecule has 5 nitrogen and oxygen atoms in total. The average Bonchev–Trinajstić information content (AvgIpc) is 3.23. The number of carbonyl (C=O) groups excluding carboxylic acids is 1. The Morgan fingerprint density at radius 2 is 1.78 bits per heavy atom. The van der Waals surface area contributed by atoms with Gasteiger partial charge in [0.25, 0.3) is 5.91 Å². The topological polar surface area (TPSA) is 53.9 Å². The molecule has 1 saturated carbocycles. The van der Waals surface area contributed by atoms with E-state index in [-0.39, 0.29) is 5.91 Å². The molecule has 1 saturated heterocycles. The molecule has 2 aliphatic carbocycles. The Balaban J connectivity index is 1.35. The van der Waals surface area contributed by atoms with Crippen molar-refractivity contribution in [3.63, 3.8) is 0 Å². The summed E-state index contributed by atoms with van der Waals surface area (Å²) < 4.78 is 5.45. The Labute approximate surface area is 194 Å². The predicted octanol–water partition coefficient (Wildman–Crippen LogP) is 5.28. The Bertz CT molecular complexity index is 954. The first-order valence-corrected chi connectivity index (χ1v) is 13.0. The van der Waals surface area contributed by atoms with Crippen LogP contribution in [0.5, 0.6) is 0 Å². The summed E-state index contributed by atoms with van der Waals surface area (Å²) in [4.78, 5) is 21.9. The fourth-order valence-electron chi connectivity index (χ4n) is 5.11. The van der Waals surface area contributed by atoms with Crippen molar-refractivity contribution in [3.8, 4) is 0 Å². The van der Waals surface area contributed by atoms with Gasteiger partial charge in [-0.25, -0.2) is 4.99 Å². The second-order valence-corrected chi connectivity index (χ2v) is 10.2. The van der Waals surface area contributed by atoms with Gasteiger partial charge in [-0.3, -0.25) is 4.79 Å². The van der Waals surface area contributed by atoms with Gasteiger partial charge in [-0.15, -0.1) is 11.3 Å². The van der Waals surface area contributed by atoms with Crippen molar-refractivity contribution >= 4 is 34.1 Å². The van der Waals surface area contributed by atoms with Crippen LogP contribution in [0.15, 0.2) is 29.3 Å². The second kappa shape index (κ2) is 10.2. The van der Waals surface area contributed by atoms with E-state index >= 15 is 0 Å². The first-order chi connectivity index (χ1) is 15.8. The molecule has 6 heteroatoms. The van der Waals surface area contributed by atoms with E-state index in [1.54, 1.807) is 11.3 Å². The fourth-order valence-corrected chi connectivity index (χ4v) is 6.34. The highest BCUT2D eigenvalue weighted by atomic mass is 32.1. The number of anilines is 1. The molecule has 2 heterocycles. The van der Waals surface area contributed by atoms with Crippen molar-refractivity contribution in [1.29, 1.82) is 0 Å². The summed E-state index contributed by atoms with van der Waals surface area (Å²) in [5.74, 6) is 0.0890. The van der Waals surface area contributed by atoms with Gasteiger partial charge in [0.2, 0.25) is 0 Å². The molecule has 0 spiro atoms. The molecule has 1 aromatic heterocycles. The number of aryl methyl sites for hydroxylation is 1. The molecule has 2 fully saturated rings. The molecular formula is C26H33N3O2S. The number of carbonyl (C=O) groups is 1. The number of rotatable bonds is 5. The molecule has 1 N–H and O–H groups in total. The van der Waals surface area contributed by atoms with E-state index in [2.05, 4.69) is 34.5 Å². The largest absolute Gasteiger partial charge is 0.378 e. The summed E-state index contributed by atoms with van der Waals surface area (Å²) in [5, 5.41) is 4.21. The quantitative estimate of drug-likeness (QED) is 0.630. The number of nitrogens with zero attached hydrogens (tertiary/aromatic N) is 2. The SMILES string of the molecule is O=C(NC1CCCCC1)c1c(/N=C/c2ccc(N3CCOCC3)cc2)sc2c1CCCC2. The van der Waals surface area contributed by atoms with Crippen molar-refractivity contribution in [3.05, 3.63) is 45.8 Å². The van der Waals surface area contributed by atoms with E-state index in [0.717, 1.165) is 68.1 Å². The zero-order valence-electron chi connectivity index (χ0n) is 18.8. The van der Waals surface area contributed by atoms with Crippen molar-refractivity contribution in [2.75, 3.05) is 31.2 Å². The van der Waals surface area contributed by atoms with Gasteiger partial charge in [0.05, 0.1) is 18.8 Å². The number of hydrogen-bond acceptors (Lipinski definition) is 5. The molecule has 1 amide bonds. The van der Waals surface area contributed by atoms with E-state index in [9.17, 15) is 4.79 Å². The normalized spacial score (nSPS) is 19.8. The molecule has 2 aromatic rings. The molecule has 1 aliphatic heterocycles. The second-order valence-electron chi connectivity index (χ2n) is 9.15. The Morgan fingerprint density at radius 3 is 2.56 bits per heavy atom. The first kappa shape index (κ1) is 21.7. The van der Waals surface area contributed by atoms with Crippen molar-refractivity contribution in [1.82, 2.24) is 5.32 Å². The van der Waals surface area contributed by atoms with Gasteiger partial charge in [-0.05, 0) is 61.8 Å². The highest BCUT2D eigenvalue weighted by molar-refractivity contribution is 7.16. The summed E-state index contributed by atoms with van der Waals surface area (Å²) in [7, 11) is 0. The van der Waals surface area contributed by atoms with Crippen molar-refractivity contribution in [2.24, 2.45) is 4.99 Å². The van der Waals surface area contributed by atoms with Crippen LogP contribution in [0.3, 0.4) is 0 Å². The highest BCUT2D eigenvalue weighted by Crippen LogP contribution is 2.40. The standard InChI is InChI=1S/C26H33N3O2S/c30-25(28-20-6-2-1-3-7-20)24-22-8-4-5-9-23(22)32-26(24)27-18-19-10-12-21(13-11-19)29-14-16-31-17-15-29/h10-13,18,20H,1-9,14-17H2,(H,28,30)/b27-18+. The van der Waals surface area contributed by atoms with E-state index in [1.807, 2.05) is 6.21 Å². The number of ether oxygens (including phenoxy) is 1. The molecule has 0 atom stereocenters. The monoisotopic (exact) mass is 451 g/mol. The summed E-state index contributed by atoms with van der Waals surface area (Å²) >= 11 is 1.72. The van der Waals surface area contributed by atoms with Crippen LogP contribution in [0.25, 0.3) is 0 Å². The zero-order valence-corrected chi connectivity index (χ0v) is 19.6. The minimum absolute atomic E-state index is 0.0890. The molecule has 32 heavy (non-hydrogen) atoms. The third-order valence-corrected chi connectivity index (χ3v) is 8.12. The summed E-state index contributed by atoms with van der Waals surface area (Å²) in [6, 6.07) is 8.86. The number of amides is 1. The van der Waals surface area contributed by atoms with E-state index < -0.39 is 0 Å². The van der Waals surface area contributed by atoms with Crippen LogP contribution in [0.4, 0.5) is 10.7 Å². The lowest BCUT2D eigenvalue weighted by atomic mass is 9.93. The Hall–Kier alpha value is -2.18. The van der Waals surface area contributed by atoms with Gasteiger partial charge >= 0.3 is 0 Å². The van der Waals surface area contributed by atoms with Gasteiger partial charge in [0, 0.05) is 35.9 Å². The van der Waals surface area contributed by atoms with Gasteiger partial charge in [-0.2, -0.15) is 0 Å². The maximum absolute atomic E-state index is 13.3. The summed E-state index contributed by atoms with van der Waals surface area (Å²) in [6.07, 6.45) is 12.3. The number of morpholine rings is 1. The van der Waals surface area contributed by atoms with Crippen molar-refractivity contribution < 1.29 is 9.53 Å². The van der Waals surface area contributed by atoms with Gasteiger partial charge in [-0.1, -0.05) is 31.4 Å². The van der Waals surface area contributed by atoms with Gasteiger partial charge < -0.3 is 15.0 Å². The molecule has 170 valence electrons. The minimum Gasteiger partial charge on any atom is -0.378 e. The minimum atomic E-state index is 0.0890. The van der Waals surface area contributed by atoms with Gasteiger partial charge in [0.15, 0.2) is 0 Å². The van der Waals surface area contributed by atoms with Crippen LogP contribution < -0.4 is 10.2 Å². The lowest BCUT2D eigenvalue weighted by Crippen LogP contribution is -2.36. The number of nitrogens with one attached hydrogen (secondary N) is 1. The smallest absolute Gasteiger partial charge is 0.254 e. The first-order valence-electron chi connectivity index (χ1n) is 12.2. The van der Waals surface area contributed by atoms with Crippen LogP contribution >= 0.6 is 11.3 Å². The summed E-state index contributed by atoms with van der Waals surface area (Å²) in [6.45, 7) is 3.46. The highest BCUT2D eigenvalue weighted by Gasteiger charge is 2.27. The average molecular weight is 452 g/mol. The Morgan fingerprint density at radius 1 is 1.03 bits per heavy atom. The molecule has 3 aliphatic rings. The number of benzene rings is 1. The van der Waals surface area contributed by atoms with Crippen LogP contribution in [0.2, 0.25) is 0 Å². The summed E-state index contributed by atoms with van der Waals surface area (Å²) in [5.41, 5.74) is 4.39. The van der Waals surface area contributed by atoms with E-state index in [0.29, 0.717) is 6.04 Å². The molecule has 5 rings (SSSR count). The van der Waals surface area contributed by atoms with E-state index in [1.165, 1.54) is 48.2 Å². The maximum atomic E-state index is 13.3. The zero-order chi connectivity index (χ0) is 21.8. The molecule has 0 bridgehead atoms. The third-order valence-electron chi connectivity index (χ3n) is 6.92. The number of fused-ring (bicyclic) bond motifs is 1. The lowest BCUT2D eigenvalue weighted by Gasteiger charge is -2.28. The van der Waals surface area contributed by atoms with Crippen LogP contribution in [0, 0.1) is 0 Å². The molecular weight excluding hydrogens is 418 g/mol. The van der Waals surface area contributed by atoms with Crippen LogP contribution in [-0.4, -0.2) is 44.5 Å². The lowest BCUT2D eigenvalue weighted by molar-refractivity contribution is 0.0927. The number of thiophene rings is 1.